The quantitative estimate of drug-likeness (QED) is 0.787. The number of likely N-dealkylation sites (N-methyl/N-ethyl adjacent to an activating group) is 1. The van der Waals surface area contributed by atoms with E-state index in [0.29, 0.717) is 0 Å². The lowest BCUT2D eigenvalue weighted by atomic mass is 10.2. The van der Waals surface area contributed by atoms with Crippen molar-refractivity contribution in [2.75, 3.05) is 39.2 Å². The topological polar surface area (TPSA) is 26.7 Å². The van der Waals surface area contributed by atoms with Gasteiger partial charge in [0.15, 0.2) is 0 Å². The predicted octanol–water partition coefficient (Wildman–Crippen LogP) is 1.18. The molecule has 0 saturated carbocycles. The summed E-state index contributed by atoms with van der Waals surface area (Å²) < 4.78 is 0. The van der Waals surface area contributed by atoms with Gasteiger partial charge in [0.1, 0.15) is 0 Å². The summed E-state index contributed by atoms with van der Waals surface area (Å²) in [6.45, 7) is 1.82. The lowest BCUT2D eigenvalue weighted by Gasteiger charge is -2.16. The number of nitrogens with zero attached hydrogens (tertiary/aromatic N) is 2. The molecule has 0 aliphatic rings. The summed E-state index contributed by atoms with van der Waals surface area (Å²) in [6, 6.07) is 8.48. The van der Waals surface area contributed by atoms with Crippen LogP contribution in [0.25, 0.3) is 0 Å². The highest BCUT2D eigenvalue weighted by Crippen LogP contribution is 2.13. The number of aliphatic hydroxyl groups excluding tert-OH is 1. The van der Waals surface area contributed by atoms with Crippen molar-refractivity contribution < 1.29 is 5.11 Å². The SMILES string of the molecule is CN(CCO)Cc1ccc(N(C)C)cc1. The molecule has 0 amide bonds. The van der Waals surface area contributed by atoms with Gasteiger partial charge >= 0.3 is 0 Å². The van der Waals surface area contributed by atoms with E-state index in [9.17, 15) is 0 Å². The lowest BCUT2D eigenvalue weighted by Crippen LogP contribution is -2.21. The van der Waals surface area contributed by atoms with E-state index in [0.717, 1.165) is 13.1 Å². The smallest absolute Gasteiger partial charge is 0.0558 e. The van der Waals surface area contributed by atoms with Crippen molar-refractivity contribution in [2.45, 2.75) is 6.54 Å². The fourth-order valence-electron chi connectivity index (χ4n) is 1.46. The van der Waals surface area contributed by atoms with Gasteiger partial charge in [0.2, 0.25) is 0 Å². The van der Waals surface area contributed by atoms with Gasteiger partial charge in [-0.05, 0) is 24.7 Å². The molecule has 0 saturated heterocycles. The summed E-state index contributed by atoms with van der Waals surface area (Å²) in [5.41, 5.74) is 2.49. The zero-order valence-electron chi connectivity index (χ0n) is 9.77. The van der Waals surface area contributed by atoms with Gasteiger partial charge in [0.25, 0.3) is 0 Å². The Bertz CT molecular complexity index is 282. The van der Waals surface area contributed by atoms with Gasteiger partial charge in [-0.15, -0.1) is 0 Å². The zero-order chi connectivity index (χ0) is 11.3. The Kier molecular flexibility index (Phi) is 4.59. The van der Waals surface area contributed by atoms with Gasteiger partial charge < -0.3 is 10.0 Å². The third kappa shape index (κ3) is 3.90. The van der Waals surface area contributed by atoms with Gasteiger partial charge in [0, 0.05) is 32.9 Å². The van der Waals surface area contributed by atoms with Crippen molar-refractivity contribution in [3.8, 4) is 0 Å². The van der Waals surface area contributed by atoms with E-state index in [1.54, 1.807) is 0 Å². The maximum absolute atomic E-state index is 8.78. The fourth-order valence-corrected chi connectivity index (χ4v) is 1.46. The van der Waals surface area contributed by atoms with Crippen LogP contribution in [0.4, 0.5) is 5.69 Å². The number of rotatable bonds is 5. The van der Waals surface area contributed by atoms with Crippen LogP contribution in [-0.2, 0) is 6.54 Å². The van der Waals surface area contributed by atoms with Crippen LogP contribution in [0.15, 0.2) is 24.3 Å². The van der Waals surface area contributed by atoms with Gasteiger partial charge in [-0.2, -0.15) is 0 Å². The first kappa shape index (κ1) is 12.0. The molecule has 15 heavy (non-hydrogen) atoms. The summed E-state index contributed by atoms with van der Waals surface area (Å²) in [6.07, 6.45) is 0. The van der Waals surface area contributed by atoms with Crippen LogP contribution in [0.1, 0.15) is 5.56 Å². The first-order valence-corrected chi connectivity index (χ1v) is 5.19. The second-order valence-electron chi connectivity index (χ2n) is 4.02. The molecule has 1 aromatic rings. The van der Waals surface area contributed by atoms with Crippen LogP contribution in [0, 0.1) is 0 Å². The highest BCUT2D eigenvalue weighted by atomic mass is 16.3. The second-order valence-corrected chi connectivity index (χ2v) is 4.02. The average molecular weight is 208 g/mol. The molecule has 3 heteroatoms. The van der Waals surface area contributed by atoms with Crippen LogP contribution in [-0.4, -0.2) is 44.3 Å². The van der Waals surface area contributed by atoms with Gasteiger partial charge in [-0.3, -0.25) is 4.90 Å². The van der Waals surface area contributed by atoms with Crippen LogP contribution in [0.5, 0.6) is 0 Å². The molecule has 0 aromatic heterocycles. The van der Waals surface area contributed by atoms with E-state index in [-0.39, 0.29) is 6.61 Å². The van der Waals surface area contributed by atoms with Crippen molar-refractivity contribution in [3.05, 3.63) is 29.8 Å². The normalized spacial score (nSPS) is 10.7. The van der Waals surface area contributed by atoms with Crippen LogP contribution >= 0.6 is 0 Å². The van der Waals surface area contributed by atoms with Gasteiger partial charge in [0.05, 0.1) is 6.61 Å². The molecule has 3 nitrogen and oxygen atoms in total. The Morgan fingerprint density at radius 1 is 1.07 bits per heavy atom. The molecule has 1 rings (SSSR count). The minimum Gasteiger partial charge on any atom is -0.395 e. The molecule has 1 N–H and O–H groups in total. The third-order valence-electron chi connectivity index (χ3n) is 2.39. The first-order chi connectivity index (χ1) is 7.13. The number of aliphatic hydroxyl groups is 1. The molecule has 1 aromatic carbocycles. The van der Waals surface area contributed by atoms with E-state index in [2.05, 4.69) is 34.1 Å². The molecule has 0 atom stereocenters. The van der Waals surface area contributed by atoms with E-state index in [1.165, 1.54) is 11.3 Å². The lowest BCUT2D eigenvalue weighted by molar-refractivity contribution is 0.217. The molecule has 0 radical (unpaired) electrons. The number of benzene rings is 1. The standard InChI is InChI=1S/C12H20N2O/c1-13(2)12-6-4-11(5-7-12)10-14(3)8-9-15/h4-7,15H,8-10H2,1-3H3. The zero-order valence-corrected chi connectivity index (χ0v) is 9.77. The van der Waals surface area contributed by atoms with Gasteiger partial charge in [-0.25, -0.2) is 0 Å². The Hall–Kier alpha value is -1.06. The molecule has 0 aliphatic carbocycles. The van der Waals surface area contributed by atoms with E-state index >= 15 is 0 Å². The number of anilines is 1. The Balaban J connectivity index is 2.56. The van der Waals surface area contributed by atoms with E-state index < -0.39 is 0 Å². The largest absolute Gasteiger partial charge is 0.395 e. The second kappa shape index (κ2) is 5.73. The van der Waals surface area contributed by atoms with Crippen LogP contribution in [0.2, 0.25) is 0 Å². The third-order valence-corrected chi connectivity index (χ3v) is 2.39. The van der Waals surface area contributed by atoms with Crippen molar-refractivity contribution >= 4 is 5.69 Å². The molecule has 0 spiro atoms. The molecule has 0 heterocycles. The highest BCUT2D eigenvalue weighted by molar-refractivity contribution is 5.45. The highest BCUT2D eigenvalue weighted by Gasteiger charge is 2.00. The molecule has 0 bridgehead atoms. The van der Waals surface area contributed by atoms with Crippen molar-refractivity contribution in [3.63, 3.8) is 0 Å². The molecule has 0 fully saturated rings. The number of hydrogen-bond donors (Lipinski definition) is 1. The van der Waals surface area contributed by atoms with Crippen molar-refractivity contribution in [1.29, 1.82) is 0 Å². The molecular formula is C12H20N2O. The predicted molar refractivity (Wildman–Crippen MR) is 64.2 cm³/mol. The summed E-state index contributed by atoms with van der Waals surface area (Å²) in [5, 5.41) is 8.78. The maximum atomic E-state index is 8.78. The Labute approximate surface area is 91.9 Å². The van der Waals surface area contributed by atoms with E-state index in [1.807, 2.05) is 21.1 Å². The fraction of sp³-hybridized carbons (Fsp3) is 0.500. The molecule has 0 unspecified atom stereocenters. The number of hydrogen-bond acceptors (Lipinski definition) is 3. The average Bonchev–Trinajstić information content (AvgIpc) is 2.18. The summed E-state index contributed by atoms with van der Waals surface area (Å²) >= 11 is 0. The molecule has 84 valence electrons. The Morgan fingerprint density at radius 3 is 2.13 bits per heavy atom. The minimum atomic E-state index is 0.215. The summed E-state index contributed by atoms with van der Waals surface area (Å²) in [7, 11) is 6.08. The molecule has 0 aliphatic heterocycles. The van der Waals surface area contributed by atoms with E-state index in [4.69, 9.17) is 5.11 Å². The van der Waals surface area contributed by atoms with Crippen molar-refractivity contribution in [1.82, 2.24) is 4.90 Å². The Morgan fingerprint density at radius 2 is 1.67 bits per heavy atom. The van der Waals surface area contributed by atoms with Crippen LogP contribution < -0.4 is 4.90 Å². The van der Waals surface area contributed by atoms with Crippen molar-refractivity contribution in [2.24, 2.45) is 0 Å². The minimum absolute atomic E-state index is 0.215. The maximum Gasteiger partial charge on any atom is 0.0558 e. The monoisotopic (exact) mass is 208 g/mol. The summed E-state index contributed by atoms with van der Waals surface area (Å²) in [4.78, 5) is 4.19. The first-order valence-electron chi connectivity index (χ1n) is 5.19. The summed E-state index contributed by atoms with van der Waals surface area (Å²) in [5.74, 6) is 0. The van der Waals surface area contributed by atoms with Crippen LogP contribution in [0.3, 0.4) is 0 Å². The van der Waals surface area contributed by atoms with Gasteiger partial charge in [-0.1, -0.05) is 12.1 Å². The molecular weight excluding hydrogens is 188 g/mol.